The van der Waals surface area contributed by atoms with Gasteiger partial charge in [0.1, 0.15) is 11.0 Å². The van der Waals surface area contributed by atoms with Crippen molar-refractivity contribution < 1.29 is 14.3 Å². The van der Waals surface area contributed by atoms with E-state index in [4.69, 9.17) is 16.3 Å². The molecule has 0 radical (unpaired) electrons. The Morgan fingerprint density at radius 3 is 2.66 bits per heavy atom. The van der Waals surface area contributed by atoms with E-state index in [0.717, 1.165) is 44.6 Å². The Balaban J connectivity index is 1.98. The minimum Gasteiger partial charge on any atom is -0.466 e. The van der Waals surface area contributed by atoms with Crippen molar-refractivity contribution in [3.63, 3.8) is 0 Å². The van der Waals surface area contributed by atoms with Crippen LogP contribution in [0.2, 0.25) is 5.15 Å². The fourth-order valence-electron chi connectivity index (χ4n) is 3.37. The molecule has 1 aliphatic rings. The van der Waals surface area contributed by atoms with Crippen LogP contribution in [0.4, 0.5) is 5.82 Å². The van der Waals surface area contributed by atoms with E-state index in [1.54, 1.807) is 17.9 Å². The van der Waals surface area contributed by atoms with E-state index in [9.17, 15) is 9.59 Å². The lowest BCUT2D eigenvalue weighted by molar-refractivity contribution is -0.151. The van der Waals surface area contributed by atoms with Crippen LogP contribution in [0, 0.1) is 5.92 Å². The van der Waals surface area contributed by atoms with E-state index in [2.05, 4.69) is 28.7 Å². The molecule has 1 fully saturated rings. The molecule has 9 heteroatoms. The van der Waals surface area contributed by atoms with E-state index in [1.807, 2.05) is 0 Å². The van der Waals surface area contributed by atoms with Crippen molar-refractivity contribution >= 4 is 41.1 Å². The first-order valence-electron chi connectivity index (χ1n) is 10.3. The summed E-state index contributed by atoms with van der Waals surface area (Å²) < 4.78 is 5.11. The van der Waals surface area contributed by atoms with Crippen LogP contribution in [0.25, 0.3) is 0 Å². The van der Waals surface area contributed by atoms with Crippen LogP contribution in [0.3, 0.4) is 0 Å². The van der Waals surface area contributed by atoms with Crippen LogP contribution in [0.1, 0.15) is 46.5 Å². The molecular weight excluding hydrogens is 412 g/mol. The fourth-order valence-corrected chi connectivity index (χ4v) is 4.35. The van der Waals surface area contributed by atoms with Gasteiger partial charge >= 0.3 is 5.97 Å². The molecule has 7 nitrogen and oxygen atoms in total. The second-order valence-electron chi connectivity index (χ2n) is 7.04. The van der Waals surface area contributed by atoms with E-state index in [0.29, 0.717) is 30.0 Å². The van der Waals surface area contributed by atoms with Crippen LogP contribution in [0.5, 0.6) is 0 Å². The highest BCUT2D eigenvalue weighted by molar-refractivity contribution is 7.99. The third-order valence-corrected chi connectivity index (χ3v) is 5.72. The number of nitrogens with zero attached hydrogens (tertiary/aromatic N) is 4. The van der Waals surface area contributed by atoms with Crippen LogP contribution < -0.4 is 4.90 Å². The summed E-state index contributed by atoms with van der Waals surface area (Å²) in [6, 6.07) is 1.77. The molecule has 0 aromatic carbocycles. The van der Waals surface area contributed by atoms with Crippen molar-refractivity contribution in [3.8, 4) is 0 Å². The quantitative estimate of drug-likeness (QED) is 0.237. The predicted octanol–water partition coefficient (Wildman–Crippen LogP) is 3.65. The Bertz CT molecular complexity index is 686. The van der Waals surface area contributed by atoms with Gasteiger partial charge in [-0.25, -0.2) is 9.97 Å². The molecule has 1 aliphatic heterocycles. The molecule has 2 rings (SSSR count). The minimum atomic E-state index is -0.233. The summed E-state index contributed by atoms with van der Waals surface area (Å²) in [5.41, 5.74) is 0. The summed E-state index contributed by atoms with van der Waals surface area (Å²) in [4.78, 5) is 37.4. The van der Waals surface area contributed by atoms with Gasteiger partial charge in [-0.2, -0.15) is 0 Å². The van der Waals surface area contributed by atoms with Crippen molar-refractivity contribution in [2.45, 2.75) is 51.6 Å². The number of hydrogen-bond donors (Lipinski definition) is 0. The number of rotatable bonds is 10. The number of anilines is 1. The Morgan fingerprint density at radius 2 is 2.00 bits per heavy atom. The minimum absolute atomic E-state index is 0.0203. The average Bonchev–Trinajstić information content (AvgIpc) is 2.71. The number of amides is 1. The van der Waals surface area contributed by atoms with Crippen molar-refractivity contribution in [2.75, 3.05) is 43.4 Å². The zero-order valence-corrected chi connectivity index (χ0v) is 19.1. The van der Waals surface area contributed by atoms with Gasteiger partial charge in [-0.15, -0.1) is 0 Å². The number of carbonyl (C=O) groups excluding carboxylic acids is 2. The lowest BCUT2D eigenvalue weighted by atomic mass is 9.98. The maximum Gasteiger partial charge on any atom is 0.310 e. The van der Waals surface area contributed by atoms with Crippen molar-refractivity contribution in [2.24, 2.45) is 5.92 Å². The first-order valence-corrected chi connectivity index (χ1v) is 11.7. The zero-order valence-electron chi connectivity index (χ0n) is 17.5. The van der Waals surface area contributed by atoms with Gasteiger partial charge in [0.25, 0.3) is 0 Å². The maximum atomic E-state index is 12.7. The van der Waals surface area contributed by atoms with Gasteiger partial charge in [0, 0.05) is 32.2 Å². The molecular formula is C20H31ClN4O3S. The Labute approximate surface area is 182 Å². The summed E-state index contributed by atoms with van der Waals surface area (Å²) in [7, 11) is 0. The summed E-state index contributed by atoms with van der Waals surface area (Å²) in [6.07, 6.45) is 3.60. The molecule has 1 amide bonds. The van der Waals surface area contributed by atoms with Crippen molar-refractivity contribution in [3.05, 3.63) is 11.2 Å². The number of carbonyl (C=O) groups is 2. The Morgan fingerprint density at radius 1 is 1.28 bits per heavy atom. The largest absolute Gasteiger partial charge is 0.466 e. The summed E-state index contributed by atoms with van der Waals surface area (Å²) in [5.74, 6) is 0.546. The van der Waals surface area contributed by atoms with Gasteiger partial charge in [-0.1, -0.05) is 37.2 Å². The number of hydrogen-bond acceptors (Lipinski definition) is 7. The lowest BCUT2D eigenvalue weighted by Gasteiger charge is -2.31. The van der Waals surface area contributed by atoms with Crippen molar-refractivity contribution in [1.29, 1.82) is 0 Å². The molecule has 1 atom stereocenters. The molecule has 1 saturated heterocycles. The fraction of sp³-hybridized carbons (Fsp3) is 0.700. The molecule has 0 aliphatic carbocycles. The number of likely N-dealkylation sites (tertiary alicyclic amines) is 1. The SMILES string of the molecule is CCCN(CCC)c1cc(Cl)nc(SCC(=O)N2CCCC(C(=O)OCC)C2)n1. The van der Waals surface area contributed by atoms with Crippen LogP contribution >= 0.6 is 23.4 Å². The van der Waals surface area contributed by atoms with E-state index in [-0.39, 0.29) is 23.5 Å². The third-order valence-electron chi connectivity index (χ3n) is 4.69. The number of esters is 1. The number of piperidine rings is 1. The Hall–Kier alpha value is -1.54. The highest BCUT2D eigenvalue weighted by Crippen LogP contribution is 2.24. The van der Waals surface area contributed by atoms with Gasteiger partial charge in [-0.05, 0) is 32.6 Å². The summed E-state index contributed by atoms with van der Waals surface area (Å²) in [5, 5.41) is 0.875. The molecule has 1 unspecified atom stereocenters. The predicted molar refractivity (Wildman–Crippen MR) is 116 cm³/mol. The standard InChI is InChI=1S/C20H31ClN4O3S/c1-4-9-24(10-5-2)17-12-16(21)22-20(23-17)29-14-18(26)25-11-7-8-15(13-25)19(27)28-6-3/h12,15H,4-11,13-14H2,1-3H3. The molecule has 0 bridgehead atoms. The van der Waals surface area contributed by atoms with Gasteiger partial charge in [-0.3, -0.25) is 9.59 Å². The van der Waals surface area contributed by atoms with Gasteiger partial charge in [0.05, 0.1) is 18.3 Å². The van der Waals surface area contributed by atoms with Crippen LogP contribution in [-0.4, -0.2) is 65.3 Å². The molecule has 1 aromatic rings. The average molecular weight is 443 g/mol. The topological polar surface area (TPSA) is 75.6 Å². The molecule has 162 valence electrons. The second kappa shape index (κ2) is 12.2. The molecule has 2 heterocycles. The highest BCUT2D eigenvalue weighted by atomic mass is 35.5. The number of aromatic nitrogens is 2. The van der Waals surface area contributed by atoms with Crippen LogP contribution in [0.15, 0.2) is 11.2 Å². The van der Waals surface area contributed by atoms with Crippen molar-refractivity contribution in [1.82, 2.24) is 14.9 Å². The van der Waals surface area contributed by atoms with Gasteiger partial charge in [0.15, 0.2) is 5.16 Å². The molecule has 0 spiro atoms. The highest BCUT2D eigenvalue weighted by Gasteiger charge is 2.29. The smallest absolute Gasteiger partial charge is 0.310 e. The normalized spacial score (nSPS) is 16.6. The monoisotopic (exact) mass is 442 g/mol. The number of ether oxygens (including phenoxy) is 1. The third kappa shape index (κ3) is 7.33. The zero-order chi connectivity index (χ0) is 21.2. The first kappa shape index (κ1) is 23.7. The lowest BCUT2D eigenvalue weighted by Crippen LogP contribution is -2.43. The number of halogens is 1. The van der Waals surface area contributed by atoms with Gasteiger partial charge < -0.3 is 14.5 Å². The summed E-state index contributed by atoms with van der Waals surface area (Å²) >= 11 is 7.49. The second-order valence-corrected chi connectivity index (χ2v) is 8.37. The van der Waals surface area contributed by atoms with Gasteiger partial charge in [0.2, 0.25) is 5.91 Å². The first-order chi connectivity index (χ1) is 14.0. The van der Waals surface area contributed by atoms with E-state index < -0.39 is 0 Å². The van der Waals surface area contributed by atoms with E-state index in [1.165, 1.54) is 11.8 Å². The molecule has 0 saturated carbocycles. The molecule has 0 N–H and O–H groups in total. The Kier molecular flexibility index (Phi) is 10.0. The van der Waals surface area contributed by atoms with Crippen LogP contribution in [-0.2, 0) is 14.3 Å². The summed E-state index contributed by atoms with van der Waals surface area (Å²) in [6.45, 7) is 9.28. The maximum absolute atomic E-state index is 12.7. The number of thioether (sulfide) groups is 1. The van der Waals surface area contributed by atoms with E-state index >= 15 is 0 Å². The molecule has 29 heavy (non-hydrogen) atoms. The molecule has 1 aromatic heterocycles.